The summed E-state index contributed by atoms with van der Waals surface area (Å²) in [5.74, 6) is 0. The van der Waals surface area contributed by atoms with Crippen LogP contribution in [0.15, 0.2) is 51.2 Å². The number of hydrogen-bond donors (Lipinski definition) is 2. The van der Waals surface area contributed by atoms with E-state index < -0.39 is 0 Å². The van der Waals surface area contributed by atoms with E-state index in [0.29, 0.717) is 5.13 Å². The van der Waals surface area contributed by atoms with Crippen molar-refractivity contribution in [2.24, 2.45) is 9.98 Å². The van der Waals surface area contributed by atoms with Crippen LogP contribution < -0.4 is 35.9 Å². The zero-order valence-electron chi connectivity index (χ0n) is 15.7. The number of aromatic nitrogens is 1. The number of hydrogen-bond acceptors (Lipinski definition) is 8. The summed E-state index contributed by atoms with van der Waals surface area (Å²) in [5.41, 5.74) is 5.29. The molecule has 0 aromatic carbocycles. The van der Waals surface area contributed by atoms with Crippen LogP contribution in [-0.2, 0) is 17.1 Å². The number of aryl methyl sites for hydroxylation is 1. The second kappa shape index (κ2) is 19.2. The Balaban J connectivity index is 0. The zero-order valence-corrected chi connectivity index (χ0v) is 20.6. The number of anilines is 1. The minimum Gasteiger partial charge on any atom is -1.00 e. The Labute approximate surface area is 207 Å². The van der Waals surface area contributed by atoms with Gasteiger partial charge < -0.3 is 35.9 Å². The van der Waals surface area contributed by atoms with E-state index in [1.54, 1.807) is 28.9 Å². The number of nitrogens with one attached hydrogen (secondary N) is 1. The average molecular weight is 540 g/mol. The third-order valence-electron chi connectivity index (χ3n) is 3.00. The first-order chi connectivity index (χ1) is 12.7. The van der Waals surface area contributed by atoms with Gasteiger partial charge in [0.1, 0.15) is 0 Å². The van der Waals surface area contributed by atoms with Crippen molar-refractivity contribution in [3.8, 4) is 0 Å². The second-order valence-electron chi connectivity index (χ2n) is 5.16. The molecule has 5 nitrogen and oxygen atoms in total. The molecule has 29 heavy (non-hydrogen) atoms. The summed E-state index contributed by atoms with van der Waals surface area (Å²) in [5, 5.41) is 8.10. The number of rotatable bonds is 8. The minimum atomic E-state index is 0. The number of nitrogens with zero attached hydrogens (tertiary/aromatic N) is 3. The first kappa shape index (κ1) is 30.4. The van der Waals surface area contributed by atoms with Crippen LogP contribution in [0.3, 0.4) is 0 Å². The molecule has 3 rings (SSSR count). The molecule has 0 amide bonds. The van der Waals surface area contributed by atoms with Gasteiger partial charge in [0.15, 0.2) is 5.13 Å². The molecule has 11 heteroatoms. The Kier molecular flexibility index (Phi) is 20.2. The maximum Gasteiger partial charge on any atom is 2.00 e. The number of aliphatic imine (C=N–C) groups is 2. The van der Waals surface area contributed by atoms with E-state index in [1.165, 1.54) is 21.1 Å². The van der Waals surface area contributed by atoms with Gasteiger partial charge in [-0.05, 0) is 29.8 Å². The van der Waals surface area contributed by atoms with E-state index in [2.05, 4.69) is 43.2 Å². The van der Waals surface area contributed by atoms with Gasteiger partial charge in [0, 0.05) is 46.3 Å². The monoisotopic (exact) mass is 538 g/mol. The normalized spacial score (nSPS) is 9.97. The van der Waals surface area contributed by atoms with E-state index in [1.807, 2.05) is 31.5 Å². The number of thiophene rings is 2. The third-order valence-corrected chi connectivity index (χ3v) is 5.35. The van der Waals surface area contributed by atoms with Crippen molar-refractivity contribution >= 4 is 51.6 Å². The summed E-state index contributed by atoms with van der Waals surface area (Å²) in [7, 11) is 0. The van der Waals surface area contributed by atoms with Crippen LogP contribution in [0, 0.1) is 6.92 Å². The van der Waals surface area contributed by atoms with Crippen molar-refractivity contribution in [1.82, 2.24) is 10.3 Å². The van der Waals surface area contributed by atoms with Gasteiger partial charge in [-0.15, -0.1) is 34.0 Å². The Morgan fingerprint density at radius 2 is 1.52 bits per heavy atom. The van der Waals surface area contributed by atoms with Gasteiger partial charge in [0.05, 0.1) is 13.1 Å². The second-order valence-corrected chi connectivity index (χ2v) is 8.39. The Morgan fingerprint density at radius 1 is 1.00 bits per heavy atom. The summed E-state index contributed by atoms with van der Waals surface area (Å²) < 4.78 is 0. The molecule has 0 spiro atoms. The first-order valence-corrected chi connectivity index (χ1v) is 10.8. The van der Waals surface area contributed by atoms with Crippen LogP contribution >= 0.6 is 34.0 Å². The van der Waals surface area contributed by atoms with Gasteiger partial charge in [-0.25, -0.2) is 4.98 Å². The fourth-order valence-corrected chi connectivity index (χ4v) is 3.58. The molecule has 0 unspecified atom stereocenters. The molecule has 1 radical (unpaired) electrons. The van der Waals surface area contributed by atoms with Gasteiger partial charge in [0.2, 0.25) is 0 Å². The van der Waals surface area contributed by atoms with Crippen LogP contribution in [0.5, 0.6) is 0 Å². The van der Waals surface area contributed by atoms with Crippen LogP contribution in [0.4, 0.5) is 5.13 Å². The zero-order chi connectivity index (χ0) is 18.5. The molecule has 0 saturated heterocycles. The molecule has 163 valence electrons. The summed E-state index contributed by atoms with van der Waals surface area (Å²) in [6.07, 6.45) is 5.63. The van der Waals surface area contributed by atoms with Gasteiger partial charge >= 0.3 is 17.1 Å². The smallest absolute Gasteiger partial charge is 1.00 e. The molecule has 0 atom stereocenters. The Bertz CT molecular complexity index is 715. The molecule has 0 fully saturated rings. The Hall–Kier alpha value is -0.771. The summed E-state index contributed by atoms with van der Waals surface area (Å²) in [6.45, 7) is 5.40. The van der Waals surface area contributed by atoms with Gasteiger partial charge in [-0.2, -0.15) is 0 Å². The first-order valence-electron chi connectivity index (χ1n) is 8.19. The van der Waals surface area contributed by atoms with Crippen LogP contribution in [0.2, 0.25) is 0 Å². The third kappa shape index (κ3) is 14.8. The van der Waals surface area contributed by atoms with Crippen molar-refractivity contribution in [3.05, 3.63) is 55.9 Å². The van der Waals surface area contributed by atoms with Crippen molar-refractivity contribution < 1.29 is 41.9 Å². The predicted molar refractivity (Wildman–Crippen MR) is 118 cm³/mol. The van der Waals surface area contributed by atoms with Crippen molar-refractivity contribution in [2.75, 3.05) is 31.9 Å². The Morgan fingerprint density at radius 3 is 1.83 bits per heavy atom. The molecule has 3 aromatic heterocycles. The fourth-order valence-electron chi connectivity index (χ4n) is 1.82. The largest absolute Gasteiger partial charge is 2.00 e. The SMILES string of the molecule is C(=NCCNCCN=Cc1cccs1)c1cccs1.Cc1cnc(N)s1.[Cl-].[Cl-].[Cu+2]. The van der Waals surface area contributed by atoms with E-state index in [9.17, 15) is 0 Å². The maximum atomic E-state index is 5.29. The number of thiazole rings is 1. The maximum absolute atomic E-state index is 5.29. The molecule has 3 N–H and O–H groups in total. The minimum absolute atomic E-state index is 0. The molecule has 3 aromatic rings. The quantitative estimate of drug-likeness (QED) is 0.197. The number of nitrogens with two attached hydrogens (primary N) is 1. The van der Waals surface area contributed by atoms with Gasteiger partial charge in [-0.3, -0.25) is 9.98 Å². The van der Waals surface area contributed by atoms with E-state index in [4.69, 9.17) is 5.73 Å². The van der Waals surface area contributed by atoms with E-state index >= 15 is 0 Å². The number of nitrogen functional groups attached to an aromatic ring is 1. The molecular formula is C18H23Cl2CuN5S3. The van der Waals surface area contributed by atoms with Crippen LogP contribution in [-0.4, -0.2) is 43.6 Å². The van der Waals surface area contributed by atoms with Gasteiger partial charge in [0.25, 0.3) is 0 Å². The number of halogens is 2. The average Bonchev–Trinajstić information content (AvgIpc) is 3.38. The topological polar surface area (TPSA) is 75.7 Å². The standard InChI is InChI=1S/C14H17N3S2.C4H6N2S.2ClH.Cu/c1-3-13(18-9-1)11-16-7-5-15-6-8-17-12-14-4-2-10-19-14;1-3-2-6-4(5)7-3;;;/h1-4,9-12,15H,5-8H2;2H,1H3,(H2,5,6);2*1H;/q;;;;+2/p-2. The van der Waals surface area contributed by atoms with Gasteiger partial charge in [-0.1, -0.05) is 12.1 Å². The predicted octanol–water partition coefficient (Wildman–Crippen LogP) is -2.02. The van der Waals surface area contributed by atoms with Crippen LogP contribution in [0.1, 0.15) is 14.6 Å². The fraction of sp³-hybridized carbons (Fsp3) is 0.278. The molecule has 0 bridgehead atoms. The molecule has 0 aliphatic heterocycles. The van der Waals surface area contributed by atoms with Crippen molar-refractivity contribution in [2.45, 2.75) is 6.92 Å². The van der Waals surface area contributed by atoms with Crippen LogP contribution in [0.25, 0.3) is 0 Å². The van der Waals surface area contributed by atoms with E-state index in [-0.39, 0.29) is 41.9 Å². The van der Waals surface area contributed by atoms with Crippen molar-refractivity contribution in [3.63, 3.8) is 0 Å². The molecule has 0 saturated carbocycles. The molecule has 3 heterocycles. The summed E-state index contributed by atoms with van der Waals surface area (Å²) in [4.78, 5) is 16.1. The van der Waals surface area contributed by atoms with Crippen molar-refractivity contribution in [1.29, 1.82) is 0 Å². The summed E-state index contributed by atoms with van der Waals surface area (Å²) >= 11 is 4.93. The summed E-state index contributed by atoms with van der Waals surface area (Å²) in [6, 6.07) is 8.22. The molecular weight excluding hydrogens is 517 g/mol. The molecule has 0 aliphatic rings. The van der Waals surface area contributed by atoms with E-state index in [0.717, 1.165) is 31.1 Å². The molecule has 0 aliphatic carbocycles.